The zero-order valence-corrected chi connectivity index (χ0v) is 18.2. The first-order valence-corrected chi connectivity index (χ1v) is 9.58. The summed E-state index contributed by atoms with van der Waals surface area (Å²) in [6.45, 7) is 6.17. The molecule has 9 nitrogen and oxygen atoms in total. The van der Waals surface area contributed by atoms with Crippen molar-refractivity contribution in [3.8, 4) is 5.75 Å². The SMILES string of the molecule is C=C(C)C[N+]1=C(N/N=C/c2cc(Br)ccc2OC)N=C2C1C(=O)N(C)C(=O)N2C. The summed E-state index contributed by atoms with van der Waals surface area (Å²) < 4.78 is 7.97. The molecule has 0 bridgehead atoms. The number of nitrogens with zero attached hydrogens (tertiary/aromatic N) is 5. The number of aliphatic imine (C=N–C) groups is 1. The fourth-order valence-corrected chi connectivity index (χ4v) is 3.49. The van der Waals surface area contributed by atoms with Crippen molar-refractivity contribution in [2.24, 2.45) is 10.1 Å². The van der Waals surface area contributed by atoms with Gasteiger partial charge in [0, 0.05) is 24.1 Å². The number of halogens is 1. The Morgan fingerprint density at radius 1 is 1.41 bits per heavy atom. The van der Waals surface area contributed by atoms with Gasteiger partial charge >= 0.3 is 12.0 Å². The minimum atomic E-state index is -0.711. The number of carbonyl (C=O) groups is 2. The van der Waals surface area contributed by atoms with Crippen LogP contribution in [0.5, 0.6) is 5.75 Å². The molecule has 1 unspecified atom stereocenters. The smallest absolute Gasteiger partial charge is 0.414 e. The third kappa shape index (κ3) is 3.93. The van der Waals surface area contributed by atoms with Crippen LogP contribution in [0, 0.1) is 0 Å². The van der Waals surface area contributed by atoms with Gasteiger partial charge in [-0.05, 0) is 30.7 Å². The van der Waals surface area contributed by atoms with E-state index in [0.29, 0.717) is 24.1 Å². The number of hydrogen-bond donors (Lipinski definition) is 1. The number of nitrogens with one attached hydrogen (secondary N) is 1. The molecule has 3 amide bonds. The minimum Gasteiger partial charge on any atom is -0.496 e. The molecule has 1 saturated heterocycles. The summed E-state index contributed by atoms with van der Waals surface area (Å²) >= 11 is 3.42. The Hall–Kier alpha value is -3.01. The van der Waals surface area contributed by atoms with Crippen molar-refractivity contribution in [1.82, 2.24) is 15.2 Å². The average molecular weight is 462 g/mol. The van der Waals surface area contributed by atoms with Crippen LogP contribution >= 0.6 is 15.9 Å². The predicted octanol–water partition coefficient (Wildman–Crippen LogP) is 1.63. The molecule has 0 spiro atoms. The van der Waals surface area contributed by atoms with Gasteiger partial charge in [0.05, 0.1) is 19.9 Å². The highest BCUT2D eigenvalue weighted by Crippen LogP contribution is 2.22. The van der Waals surface area contributed by atoms with Gasteiger partial charge in [0.25, 0.3) is 5.91 Å². The molecule has 1 aromatic carbocycles. The Morgan fingerprint density at radius 3 is 2.79 bits per heavy atom. The quantitative estimate of drug-likeness (QED) is 0.312. The van der Waals surface area contributed by atoms with Crippen LogP contribution in [0.3, 0.4) is 0 Å². The summed E-state index contributed by atoms with van der Waals surface area (Å²) in [5.41, 5.74) is 4.49. The molecule has 1 atom stereocenters. The molecule has 1 aromatic rings. The third-order valence-corrected chi connectivity index (χ3v) is 5.02. The first-order valence-electron chi connectivity index (χ1n) is 8.79. The molecule has 2 heterocycles. The van der Waals surface area contributed by atoms with Gasteiger partial charge in [-0.15, -0.1) is 5.10 Å². The molecule has 152 valence electrons. The van der Waals surface area contributed by atoms with Gasteiger partial charge in [0.15, 0.2) is 0 Å². The van der Waals surface area contributed by atoms with Gasteiger partial charge in [-0.1, -0.05) is 27.5 Å². The molecule has 1 fully saturated rings. The van der Waals surface area contributed by atoms with Crippen LogP contribution < -0.4 is 10.2 Å². The van der Waals surface area contributed by atoms with E-state index in [1.807, 2.05) is 25.1 Å². The summed E-state index contributed by atoms with van der Waals surface area (Å²) in [5, 5.41) is 4.26. The Bertz CT molecular complexity index is 984. The van der Waals surface area contributed by atoms with Crippen LogP contribution in [-0.2, 0) is 4.79 Å². The van der Waals surface area contributed by atoms with Gasteiger partial charge in [-0.3, -0.25) is 14.6 Å². The normalized spacial score (nSPS) is 19.1. The van der Waals surface area contributed by atoms with Gasteiger partial charge in [0.1, 0.15) is 5.75 Å². The number of imide groups is 1. The number of methoxy groups -OCH3 is 1. The molecular formula is C19H22BrN6O3+. The van der Waals surface area contributed by atoms with E-state index in [2.05, 4.69) is 38.0 Å². The Labute approximate surface area is 177 Å². The van der Waals surface area contributed by atoms with Crippen molar-refractivity contribution in [3.63, 3.8) is 0 Å². The predicted molar refractivity (Wildman–Crippen MR) is 114 cm³/mol. The van der Waals surface area contributed by atoms with E-state index < -0.39 is 12.1 Å². The molecule has 2 aliphatic heterocycles. The van der Waals surface area contributed by atoms with E-state index in [1.54, 1.807) is 24.9 Å². The fourth-order valence-electron chi connectivity index (χ4n) is 3.11. The number of rotatable bonds is 5. The van der Waals surface area contributed by atoms with Gasteiger partial charge in [-0.2, -0.15) is 5.43 Å². The maximum Gasteiger partial charge on any atom is 0.414 e. The van der Waals surface area contributed by atoms with Crippen LogP contribution in [0.2, 0.25) is 0 Å². The van der Waals surface area contributed by atoms with Crippen molar-refractivity contribution in [1.29, 1.82) is 0 Å². The van der Waals surface area contributed by atoms with Crippen molar-refractivity contribution in [2.75, 3.05) is 27.7 Å². The molecule has 0 saturated carbocycles. The van der Waals surface area contributed by atoms with Crippen molar-refractivity contribution >= 4 is 45.9 Å². The minimum absolute atomic E-state index is 0.345. The molecule has 3 rings (SSSR count). The zero-order valence-electron chi connectivity index (χ0n) is 16.6. The lowest BCUT2D eigenvalue weighted by Gasteiger charge is -2.31. The molecular weight excluding hydrogens is 440 g/mol. The summed E-state index contributed by atoms with van der Waals surface area (Å²) in [7, 11) is 4.63. The highest BCUT2D eigenvalue weighted by Gasteiger charge is 2.51. The Balaban J connectivity index is 1.94. The largest absolute Gasteiger partial charge is 0.496 e. The van der Waals surface area contributed by atoms with Gasteiger partial charge in [0.2, 0.25) is 11.9 Å². The van der Waals surface area contributed by atoms with Crippen LogP contribution in [0.1, 0.15) is 12.5 Å². The molecule has 2 aliphatic rings. The first-order chi connectivity index (χ1) is 13.7. The fraction of sp³-hybridized carbons (Fsp3) is 0.316. The highest BCUT2D eigenvalue weighted by molar-refractivity contribution is 9.10. The summed E-state index contributed by atoms with van der Waals surface area (Å²) in [6.07, 6.45) is 1.60. The third-order valence-electron chi connectivity index (χ3n) is 4.53. The second-order valence-electron chi connectivity index (χ2n) is 6.78. The maximum atomic E-state index is 12.7. The van der Waals surface area contributed by atoms with Crippen molar-refractivity contribution in [2.45, 2.75) is 13.0 Å². The number of hydrazone groups is 1. The number of benzene rings is 1. The maximum absolute atomic E-state index is 12.7. The van der Waals surface area contributed by atoms with E-state index in [0.717, 1.165) is 20.5 Å². The van der Waals surface area contributed by atoms with Crippen LogP contribution in [0.4, 0.5) is 4.79 Å². The lowest BCUT2D eigenvalue weighted by atomic mass is 10.1. The Morgan fingerprint density at radius 2 is 2.14 bits per heavy atom. The van der Waals surface area contributed by atoms with Crippen molar-refractivity contribution < 1.29 is 18.9 Å². The van der Waals surface area contributed by atoms with E-state index in [9.17, 15) is 9.59 Å². The second-order valence-corrected chi connectivity index (χ2v) is 7.69. The molecule has 0 aromatic heterocycles. The number of likely N-dealkylation sites (N-methyl/N-ethyl adjacent to an activating group) is 2. The highest BCUT2D eigenvalue weighted by atomic mass is 79.9. The number of carbonyl (C=O) groups excluding carboxylic acids is 2. The number of amidine groups is 1. The van der Waals surface area contributed by atoms with E-state index in [-0.39, 0.29) is 5.91 Å². The Kier molecular flexibility index (Phi) is 5.83. The number of amides is 3. The summed E-state index contributed by atoms with van der Waals surface area (Å²) in [4.78, 5) is 31.9. The molecule has 1 N–H and O–H groups in total. The molecule has 10 heteroatoms. The molecule has 0 radical (unpaired) electrons. The lowest BCUT2D eigenvalue weighted by molar-refractivity contribution is -0.529. The molecule has 29 heavy (non-hydrogen) atoms. The van der Waals surface area contributed by atoms with E-state index in [1.165, 1.54) is 11.9 Å². The van der Waals surface area contributed by atoms with Crippen LogP contribution in [0.25, 0.3) is 0 Å². The zero-order chi connectivity index (χ0) is 21.3. The van der Waals surface area contributed by atoms with Crippen molar-refractivity contribution in [3.05, 3.63) is 40.4 Å². The van der Waals surface area contributed by atoms with E-state index in [4.69, 9.17) is 4.74 Å². The number of hydrogen-bond acceptors (Lipinski definition) is 6. The topological polar surface area (TPSA) is 89.6 Å². The number of fused-ring (bicyclic) bond motifs is 1. The van der Waals surface area contributed by atoms with Crippen LogP contribution in [0.15, 0.2) is 44.9 Å². The summed E-state index contributed by atoms with van der Waals surface area (Å²) in [5.74, 6) is 1.04. The molecule has 0 aliphatic carbocycles. The van der Waals surface area contributed by atoms with Gasteiger partial charge < -0.3 is 4.74 Å². The second kappa shape index (κ2) is 8.16. The van der Waals surface area contributed by atoms with E-state index >= 15 is 0 Å². The van der Waals surface area contributed by atoms with Gasteiger partial charge in [-0.25, -0.2) is 9.37 Å². The standard InChI is InChI=1S/C19H21BrN6O3/c1-11(2)10-26-15-16(24(3)19(28)25(4)17(15)27)22-18(26)23-21-9-12-8-13(20)6-7-14(12)29-5/h6-9,15H,1,10H2,2-5H3/p+1/b21-9+. The summed E-state index contributed by atoms with van der Waals surface area (Å²) in [6, 6.07) is 4.42. The number of ether oxygens (including phenoxy) is 1. The number of urea groups is 1. The van der Waals surface area contributed by atoms with Crippen LogP contribution in [-0.4, -0.2) is 78.1 Å². The lowest BCUT2D eigenvalue weighted by Crippen LogP contribution is -2.61. The average Bonchev–Trinajstić information content (AvgIpc) is 3.02. The monoisotopic (exact) mass is 461 g/mol. The first kappa shape index (κ1) is 20.7. The number of guanidine groups is 1.